The molecule has 0 saturated carbocycles. The average molecular weight is 404 g/mol. The van der Waals surface area contributed by atoms with Gasteiger partial charge in [-0.1, -0.05) is 6.07 Å². The van der Waals surface area contributed by atoms with Crippen LogP contribution in [0.5, 0.6) is 0 Å². The monoisotopic (exact) mass is 404 g/mol. The van der Waals surface area contributed by atoms with Crippen LogP contribution in [0.2, 0.25) is 0 Å². The average Bonchev–Trinajstić information content (AvgIpc) is 3.05. The second kappa shape index (κ2) is 7.71. The lowest BCUT2D eigenvalue weighted by Crippen LogP contribution is -2.26. The largest absolute Gasteiger partial charge is 0.326 e. The summed E-state index contributed by atoms with van der Waals surface area (Å²) in [7, 11) is -3.73. The molecule has 28 heavy (non-hydrogen) atoms. The molecule has 1 heterocycles. The van der Waals surface area contributed by atoms with E-state index in [1.54, 1.807) is 17.0 Å². The molecule has 1 unspecified atom stereocenters. The topological polar surface area (TPSA) is 83.6 Å². The molecule has 0 aliphatic carbocycles. The van der Waals surface area contributed by atoms with Crippen LogP contribution in [-0.2, 0) is 25.8 Å². The van der Waals surface area contributed by atoms with Gasteiger partial charge >= 0.3 is 0 Å². The molecule has 1 aliphatic heterocycles. The second-order valence-corrected chi connectivity index (χ2v) is 9.20. The van der Waals surface area contributed by atoms with Gasteiger partial charge in [0.25, 0.3) is 0 Å². The minimum atomic E-state index is -3.73. The number of halogens is 1. The molecule has 1 aliphatic rings. The van der Waals surface area contributed by atoms with Crippen molar-refractivity contribution in [3.8, 4) is 0 Å². The van der Waals surface area contributed by atoms with Gasteiger partial charge in [0.1, 0.15) is 5.82 Å². The summed E-state index contributed by atoms with van der Waals surface area (Å²) in [6.45, 7) is 3.47. The van der Waals surface area contributed by atoms with Crippen molar-refractivity contribution in [2.75, 3.05) is 16.8 Å². The summed E-state index contributed by atoms with van der Waals surface area (Å²) >= 11 is 0. The highest BCUT2D eigenvalue weighted by Gasteiger charge is 2.29. The predicted molar refractivity (Wildman–Crippen MR) is 104 cm³/mol. The van der Waals surface area contributed by atoms with E-state index >= 15 is 0 Å². The van der Waals surface area contributed by atoms with Gasteiger partial charge in [-0.3, -0.25) is 9.59 Å². The van der Waals surface area contributed by atoms with Crippen molar-refractivity contribution in [3.05, 3.63) is 53.8 Å². The van der Waals surface area contributed by atoms with E-state index in [9.17, 15) is 22.4 Å². The number of amides is 2. The molecule has 3 rings (SSSR count). The molecule has 0 radical (unpaired) electrons. The highest BCUT2D eigenvalue weighted by molar-refractivity contribution is 7.92. The first-order valence-corrected chi connectivity index (χ1v) is 10.4. The Bertz CT molecular complexity index is 1040. The van der Waals surface area contributed by atoms with Crippen LogP contribution in [0.25, 0.3) is 0 Å². The van der Waals surface area contributed by atoms with Crippen molar-refractivity contribution in [1.29, 1.82) is 0 Å². The third kappa shape index (κ3) is 4.06. The van der Waals surface area contributed by atoms with Crippen LogP contribution in [0, 0.1) is 5.82 Å². The van der Waals surface area contributed by atoms with Gasteiger partial charge in [0, 0.05) is 31.3 Å². The van der Waals surface area contributed by atoms with Crippen LogP contribution >= 0.6 is 0 Å². The van der Waals surface area contributed by atoms with Crippen LogP contribution in [0.3, 0.4) is 0 Å². The molecule has 6 nitrogen and oxygen atoms in total. The molecule has 0 fully saturated rings. The Labute approximate surface area is 163 Å². The van der Waals surface area contributed by atoms with Gasteiger partial charge < -0.3 is 10.2 Å². The van der Waals surface area contributed by atoms with Crippen molar-refractivity contribution < 1.29 is 22.4 Å². The quantitative estimate of drug-likeness (QED) is 0.831. The number of nitrogens with zero attached hydrogens (tertiary/aromatic N) is 1. The maximum atomic E-state index is 13.2. The van der Waals surface area contributed by atoms with Gasteiger partial charge in [-0.25, -0.2) is 12.8 Å². The van der Waals surface area contributed by atoms with Crippen molar-refractivity contribution >= 4 is 33.0 Å². The minimum absolute atomic E-state index is 0.0863. The zero-order valence-corrected chi connectivity index (χ0v) is 16.4. The summed E-state index contributed by atoms with van der Waals surface area (Å²) in [5.74, 6) is -1.08. The zero-order valence-electron chi connectivity index (χ0n) is 15.6. The number of fused-ring (bicyclic) bond motifs is 1. The van der Waals surface area contributed by atoms with Gasteiger partial charge in [-0.15, -0.1) is 0 Å². The lowest BCUT2D eigenvalue weighted by Gasteiger charge is -2.16. The fourth-order valence-electron chi connectivity index (χ4n) is 3.26. The normalized spacial score (nSPS) is 14.5. The van der Waals surface area contributed by atoms with Crippen LogP contribution < -0.4 is 10.2 Å². The van der Waals surface area contributed by atoms with Gasteiger partial charge in [-0.05, 0) is 55.3 Å². The summed E-state index contributed by atoms with van der Waals surface area (Å²) in [5.41, 5.74) is 1.80. The number of rotatable bonds is 5. The third-order valence-corrected chi connectivity index (χ3v) is 6.90. The summed E-state index contributed by atoms with van der Waals surface area (Å²) in [6, 6.07) is 10.1. The van der Waals surface area contributed by atoms with E-state index in [0.717, 1.165) is 11.3 Å². The lowest BCUT2D eigenvalue weighted by molar-refractivity contribution is -0.117. The molecule has 8 heteroatoms. The first-order chi connectivity index (χ1) is 13.2. The number of anilines is 2. The molecular formula is C20H21FN2O4S. The molecule has 2 aromatic rings. The number of carbonyl (C=O) groups excluding carboxylic acids is 2. The first-order valence-electron chi connectivity index (χ1n) is 8.89. The Hall–Kier alpha value is -2.74. The molecule has 0 bridgehead atoms. The van der Waals surface area contributed by atoms with E-state index in [1.165, 1.54) is 44.2 Å². The number of sulfone groups is 1. The molecule has 1 N–H and O–H groups in total. The fourth-order valence-corrected chi connectivity index (χ4v) is 4.66. The molecule has 0 aromatic heterocycles. The lowest BCUT2D eigenvalue weighted by atomic mass is 10.2. The summed E-state index contributed by atoms with van der Waals surface area (Å²) < 4.78 is 38.9. The van der Waals surface area contributed by atoms with Gasteiger partial charge in [-0.2, -0.15) is 0 Å². The van der Waals surface area contributed by atoms with E-state index in [1.807, 2.05) is 0 Å². The van der Waals surface area contributed by atoms with Gasteiger partial charge in [0.2, 0.25) is 11.8 Å². The van der Waals surface area contributed by atoms with Crippen molar-refractivity contribution in [2.45, 2.75) is 36.8 Å². The molecule has 0 spiro atoms. The highest BCUT2D eigenvalue weighted by Crippen LogP contribution is 2.31. The van der Waals surface area contributed by atoms with E-state index in [0.29, 0.717) is 13.0 Å². The van der Waals surface area contributed by atoms with Crippen LogP contribution in [0.15, 0.2) is 47.4 Å². The Balaban J connectivity index is 1.73. The molecule has 0 saturated heterocycles. The maximum absolute atomic E-state index is 13.2. The third-order valence-electron chi connectivity index (χ3n) is 4.77. The minimum Gasteiger partial charge on any atom is -0.326 e. The predicted octanol–water partition coefficient (Wildman–Crippen LogP) is 2.93. The highest BCUT2D eigenvalue weighted by atomic mass is 32.2. The van der Waals surface area contributed by atoms with Gasteiger partial charge in [0.05, 0.1) is 10.1 Å². The molecule has 2 aromatic carbocycles. The van der Waals surface area contributed by atoms with Crippen molar-refractivity contribution in [3.63, 3.8) is 0 Å². The fraction of sp³-hybridized carbons (Fsp3) is 0.300. The van der Waals surface area contributed by atoms with E-state index in [2.05, 4.69) is 5.32 Å². The zero-order chi connectivity index (χ0) is 20.5. The number of hydrogen-bond acceptors (Lipinski definition) is 4. The Kier molecular flexibility index (Phi) is 5.51. The Morgan fingerprint density at radius 2 is 1.96 bits per heavy atom. The van der Waals surface area contributed by atoms with Crippen molar-refractivity contribution in [1.82, 2.24) is 0 Å². The smallest absolute Gasteiger partial charge is 0.225 e. The summed E-state index contributed by atoms with van der Waals surface area (Å²) in [5, 5.41) is 1.56. The Morgan fingerprint density at radius 3 is 2.64 bits per heavy atom. The molecule has 148 valence electrons. The SMILES string of the molecule is CC(=O)N1CCc2cc(S(=O)(=O)C(C)CC(=O)Nc3cccc(F)c3)ccc21. The molecule has 2 amide bonds. The Morgan fingerprint density at radius 1 is 1.21 bits per heavy atom. The second-order valence-electron chi connectivity index (χ2n) is 6.83. The summed E-state index contributed by atoms with van der Waals surface area (Å²) in [4.78, 5) is 25.5. The molecular weight excluding hydrogens is 383 g/mol. The summed E-state index contributed by atoms with van der Waals surface area (Å²) in [6.07, 6.45) is 0.336. The number of benzene rings is 2. The van der Waals surface area contributed by atoms with E-state index < -0.39 is 26.8 Å². The standard InChI is InChI=1S/C20H21FN2O4S/c1-13(10-20(25)22-17-5-3-4-16(21)12-17)28(26,27)18-6-7-19-15(11-18)8-9-23(19)14(2)24/h3-7,11-13H,8-10H2,1-2H3,(H,22,25). The van der Waals surface area contributed by atoms with E-state index in [4.69, 9.17) is 0 Å². The number of carbonyl (C=O) groups is 2. The first kappa shape index (κ1) is 20.0. The van der Waals surface area contributed by atoms with E-state index in [-0.39, 0.29) is 22.9 Å². The molecule has 1 atom stereocenters. The maximum Gasteiger partial charge on any atom is 0.225 e. The number of nitrogens with one attached hydrogen (secondary N) is 1. The number of hydrogen-bond donors (Lipinski definition) is 1. The van der Waals surface area contributed by atoms with Crippen molar-refractivity contribution in [2.24, 2.45) is 0 Å². The van der Waals surface area contributed by atoms with Crippen LogP contribution in [0.1, 0.15) is 25.8 Å². The van der Waals surface area contributed by atoms with Crippen LogP contribution in [0.4, 0.5) is 15.8 Å². The van der Waals surface area contributed by atoms with Gasteiger partial charge in [0.15, 0.2) is 9.84 Å². The van der Waals surface area contributed by atoms with Crippen LogP contribution in [-0.4, -0.2) is 32.0 Å².